The third-order valence-corrected chi connectivity index (χ3v) is 2.02. The second-order valence-electron chi connectivity index (χ2n) is 2.50. The summed E-state index contributed by atoms with van der Waals surface area (Å²) in [6, 6.07) is 0. The highest BCUT2D eigenvalue weighted by molar-refractivity contribution is 7.13. The first-order valence-electron chi connectivity index (χ1n) is 3.81. The van der Waals surface area contributed by atoms with E-state index in [9.17, 15) is 22.8 Å². The number of anilines is 1. The summed E-state index contributed by atoms with van der Waals surface area (Å²) in [7, 11) is 0. The minimum Gasteiger partial charge on any atom is -0.322 e. The zero-order valence-corrected chi connectivity index (χ0v) is 8.63. The van der Waals surface area contributed by atoms with Gasteiger partial charge < -0.3 is 4.84 Å². The number of thiazole rings is 1. The molecule has 0 saturated carbocycles. The molecule has 1 aromatic rings. The molecule has 0 bridgehead atoms. The summed E-state index contributed by atoms with van der Waals surface area (Å²) in [5, 5.41) is 1.47. The number of alkyl halides is 3. The summed E-state index contributed by atoms with van der Waals surface area (Å²) < 4.78 is 35.7. The summed E-state index contributed by atoms with van der Waals surface area (Å²) in [6.07, 6.45) is -3.90. The van der Waals surface area contributed by atoms with Crippen LogP contribution in [0.5, 0.6) is 0 Å². The molecule has 0 aliphatic carbocycles. The summed E-state index contributed by atoms with van der Waals surface area (Å²) >= 11 is 0.861. The average molecular weight is 254 g/mol. The van der Waals surface area contributed by atoms with Crippen molar-refractivity contribution in [3.8, 4) is 0 Å². The molecule has 88 valence electrons. The quantitative estimate of drug-likeness (QED) is 0.713. The fourth-order valence-corrected chi connectivity index (χ4v) is 1.32. The molecule has 16 heavy (non-hydrogen) atoms. The van der Waals surface area contributed by atoms with Crippen LogP contribution in [-0.4, -0.2) is 23.0 Å². The number of hydroxylamine groups is 1. The van der Waals surface area contributed by atoms with Gasteiger partial charge in [0.15, 0.2) is 0 Å². The number of halogens is 3. The minimum atomic E-state index is -5.16. The molecular weight excluding hydrogens is 249 g/mol. The van der Waals surface area contributed by atoms with Crippen molar-refractivity contribution >= 4 is 28.3 Å². The molecule has 0 aromatic carbocycles. The third kappa shape index (κ3) is 2.92. The SMILES string of the molecule is CC(=O)N(OC(=O)C(F)(F)F)c1nccs1. The van der Waals surface area contributed by atoms with Crippen molar-refractivity contribution in [3.05, 3.63) is 11.6 Å². The van der Waals surface area contributed by atoms with E-state index < -0.39 is 18.1 Å². The van der Waals surface area contributed by atoms with Gasteiger partial charge in [-0.05, 0) is 0 Å². The predicted molar refractivity (Wildman–Crippen MR) is 47.4 cm³/mol. The molecule has 1 rings (SSSR count). The number of amides is 1. The van der Waals surface area contributed by atoms with Crippen LogP contribution in [0.4, 0.5) is 18.3 Å². The molecule has 0 spiro atoms. The van der Waals surface area contributed by atoms with Crippen molar-refractivity contribution in [1.82, 2.24) is 4.98 Å². The molecule has 1 aromatic heterocycles. The lowest BCUT2D eigenvalue weighted by Crippen LogP contribution is -2.37. The number of carbonyl (C=O) groups is 2. The number of carbonyl (C=O) groups excluding carboxylic acids is 2. The first-order chi connectivity index (χ1) is 7.32. The standard InChI is InChI=1S/C7H5F3N2O3S/c1-4(13)12(6-11-2-3-16-6)15-5(14)7(8,9)10/h2-3H,1H3. The van der Waals surface area contributed by atoms with Crippen molar-refractivity contribution < 1.29 is 27.6 Å². The van der Waals surface area contributed by atoms with Crippen LogP contribution in [0.15, 0.2) is 11.6 Å². The molecule has 0 radical (unpaired) electrons. The van der Waals surface area contributed by atoms with E-state index in [1.165, 1.54) is 11.6 Å². The van der Waals surface area contributed by atoms with Gasteiger partial charge in [-0.25, -0.2) is 9.78 Å². The Morgan fingerprint density at radius 2 is 2.12 bits per heavy atom. The van der Waals surface area contributed by atoms with Gasteiger partial charge in [0.05, 0.1) is 0 Å². The first-order valence-corrected chi connectivity index (χ1v) is 4.69. The lowest BCUT2D eigenvalue weighted by Gasteiger charge is -2.16. The summed E-state index contributed by atoms with van der Waals surface area (Å²) in [4.78, 5) is 28.9. The van der Waals surface area contributed by atoms with E-state index >= 15 is 0 Å². The Morgan fingerprint density at radius 3 is 2.50 bits per heavy atom. The van der Waals surface area contributed by atoms with Gasteiger partial charge in [0.2, 0.25) is 5.13 Å². The van der Waals surface area contributed by atoms with Gasteiger partial charge in [0.25, 0.3) is 5.91 Å². The molecule has 0 saturated heterocycles. The maximum absolute atomic E-state index is 11.9. The fraction of sp³-hybridized carbons (Fsp3) is 0.286. The molecule has 0 unspecified atom stereocenters. The fourth-order valence-electron chi connectivity index (χ4n) is 0.689. The Hall–Kier alpha value is -1.64. The maximum Gasteiger partial charge on any atom is 0.493 e. The monoisotopic (exact) mass is 254 g/mol. The lowest BCUT2D eigenvalue weighted by molar-refractivity contribution is -0.201. The summed E-state index contributed by atoms with van der Waals surface area (Å²) in [6.45, 7) is 0.949. The van der Waals surface area contributed by atoms with Crippen LogP contribution in [0.25, 0.3) is 0 Å². The van der Waals surface area contributed by atoms with Crippen LogP contribution in [0.1, 0.15) is 6.92 Å². The molecule has 5 nitrogen and oxygen atoms in total. The van der Waals surface area contributed by atoms with Gasteiger partial charge in [-0.1, -0.05) is 0 Å². The normalized spacial score (nSPS) is 11.0. The van der Waals surface area contributed by atoms with Gasteiger partial charge in [-0.2, -0.15) is 13.2 Å². The predicted octanol–water partition coefficient (Wildman–Crippen LogP) is 1.52. The molecule has 1 amide bonds. The van der Waals surface area contributed by atoms with Gasteiger partial charge in [0, 0.05) is 18.5 Å². The highest BCUT2D eigenvalue weighted by Crippen LogP contribution is 2.22. The Kier molecular flexibility index (Phi) is 3.48. The maximum atomic E-state index is 11.9. The molecule has 0 N–H and O–H groups in total. The van der Waals surface area contributed by atoms with Crippen molar-refractivity contribution in [2.75, 3.05) is 5.06 Å². The van der Waals surface area contributed by atoms with Gasteiger partial charge in [0.1, 0.15) is 0 Å². The zero-order chi connectivity index (χ0) is 12.3. The van der Waals surface area contributed by atoms with Crippen LogP contribution in [0.2, 0.25) is 0 Å². The van der Waals surface area contributed by atoms with Gasteiger partial charge in [-0.3, -0.25) is 4.79 Å². The molecule has 0 fully saturated rings. The Bertz CT molecular complexity index is 390. The summed E-state index contributed by atoms with van der Waals surface area (Å²) in [5.41, 5.74) is 0. The Labute approximate surface area is 91.4 Å². The molecule has 1 heterocycles. The second kappa shape index (κ2) is 4.47. The molecule has 0 atom stereocenters. The van der Waals surface area contributed by atoms with Crippen LogP contribution in [0.3, 0.4) is 0 Å². The Balaban J connectivity index is 2.83. The molecule has 0 aliphatic rings. The van der Waals surface area contributed by atoms with E-state index in [-0.39, 0.29) is 10.2 Å². The van der Waals surface area contributed by atoms with Crippen LogP contribution < -0.4 is 5.06 Å². The molecule has 9 heteroatoms. The summed E-state index contributed by atoms with van der Waals surface area (Å²) in [5.74, 6) is -3.36. The van der Waals surface area contributed by atoms with Crippen LogP contribution >= 0.6 is 11.3 Å². The van der Waals surface area contributed by atoms with Crippen LogP contribution in [-0.2, 0) is 14.4 Å². The van der Waals surface area contributed by atoms with E-state index in [2.05, 4.69) is 9.82 Å². The topological polar surface area (TPSA) is 59.5 Å². The number of hydrogen-bond donors (Lipinski definition) is 0. The van der Waals surface area contributed by atoms with E-state index in [0.29, 0.717) is 0 Å². The number of aromatic nitrogens is 1. The number of nitrogens with zero attached hydrogens (tertiary/aromatic N) is 2. The third-order valence-electron chi connectivity index (χ3n) is 1.28. The van der Waals surface area contributed by atoms with Gasteiger partial charge >= 0.3 is 12.1 Å². The van der Waals surface area contributed by atoms with Crippen LogP contribution in [0, 0.1) is 0 Å². The van der Waals surface area contributed by atoms with E-state index in [1.54, 1.807) is 0 Å². The minimum absolute atomic E-state index is 0.148. The highest BCUT2D eigenvalue weighted by Gasteiger charge is 2.43. The van der Waals surface area contributed by atoms with E-state index in [4.69, 9.17) is 0 Å². The first kappa shape index (κ1) is 12.4. The van der Waals surface area contributed by atoms with Crippen molar-refractivity contribution in [1.29, 1.82) is 0 Å². The highest BCUT2D eigenvalue weighted by atomic mass is 32.1. The molecule has 0 aliphatic heterocycles. The smallest absolute Gasteiger partial charge is 0.322 e. The number of rotatable bonds is 1. The zero-order valence-electron chi connectivity index (χ0n) is 7.82. The Morgan fingerprint density at radius 1 is 1.50 bits per heavy atom. The largest absolute Gasteiger partial charge is 0.493 e. The van der Waals surface area contributed by atoms with Gasteiger partial charge in [-0.15, -0.1) is 16.4 Å². The average Bonchev–Trinajstić information content (AvgIpc) is 2.63. The van der Waals surface area contributed by atoms with Crippen molar-refractivity contribution in [2.45, 2.75) is 13.1 Å². The van der Waals surface area contributed by atoms with Crippen molar-refractivity contribution in [2.24, 2.45) is 0 Å². The molecular formula is C7H5F3N2O3S. The number of hydrogen-bond acceptors (Lipinski definition) is 5. The second-order valence-corrected chi connectivity index (χ2v) is 3.38. The van der Waals surface area contributed by atoms with E-state index in [0.717, 1.165) is 18.3 Å². The van der Waals surface area contributed by atoms with Crippen molar-refractivity contribution in [3.63, 3.8) is 0 Å². The van der Waals surface area contributed by atoms with E-state index in [1.807, 2.05) is 0 Å². The lowest BCUT2D eigenvalue weighted by atomic mass is 10.6.